The molecule has 0 saturated heterocycles. The van der Waals surface area contributed by atoms with Crippen molar-refractivity contribution in [3.63, 3.8) is 0 Å². The van der Waals surface area contributed by atoms with Crippen molar-refractivity contribution in [2.75, 3.05) is 0 Å². The van der Waals surface area contributed by atoms with Crippen LogP contribution in [0.25, 0.3) is 109 Å². The maximum absolute atomic E-state index is 9.53. The number of rotatable bonds is 3. The largest absolute Gasteiger partial charge is 0.455 e. The molecule has 0 aliphatic rings. The van der Waals surface area contributed by atoms with Crippen LogP contribution >= 0.6 is 0 Å². The molecule has 0 aliphatic heterocycles. The third-order valence-electron chi connectivity index (χ3n) is 9.72. The molecule has 236 valence electrons. The van der Waals surface area contributed by atoms with Crippen LogP contribution in [-0.4, -0.2) is 0 Å². The smallest absolute Gasteiger partial charge is 0.143 e. The lowest BCUT2D eigenvalue weighted by atomic mass is 9.84. The van der Waals surface area contributed by atoms with Crippen LogP contribution in [0, 0.1) is 0 Å². The molecule has 0 aliphatic carbocycles. The maximum atomic E-state index is 9.53. The Hall–Kier alpha value is -6.70. The summed E-state index contributed by atoms with van der Waals surface area (Å²) in [7, 11) is 0. The van der Waals surface area contributed by atoms with Crippen LogP contribution in [0.1, 0.15) is 20.6 Å². The minimum absolute atomic E-state index is 0.0331. The molecular weight excluding hydrogens is 617 g/mol. The molecule has 0 N–H and O–H groups in total. The lowest BCUT2D eigenvalue weighted by molar-refractivity contribution is 0.670. The molecular formula is C50H30O. The fourth-order valence-electron chi connectivity index (χ4n) is 7.50. The van der Waals surface area contributed by atoms with Gasteiger partial charge in [-0.25, -0.2) is 0 Å². The molecule has 1 heterocycles. The van der Waals surface area contributed by atoms with Crippen LogP contribution in [0.15, 0.2) is 186 Å². The molecule has 1 heteroatoms. The highest BCUT2D eigenvalue weighted by Crippen LogP contribution is 2.46. The van der Waals surface area contributed by atoms with Crippen molar-refractivity contribution < 1.29 is 25.0 Å². The Morgan fingerprint density at radius 3 is 1.84 bits per heavy atom. The molecule has 0 fully saturated rings. The molecule has 1 aromatic heterocycles. The van der Waals surface area contributed by atoms with Gasteiger partial charge in [0.25, 0.3) is 0 Å². The lowest BCUT2D eigenvalue weighted by Gasteiger charge is -2.19. The molecule has 1 nitrogen and oxygen atoms in total. The summed E-state index contributed by atoms with van der Waals surface area (Å²) in [5.74, 6) is 0. The first-order chi connectivity index (χ1) is 31.5. The molecule has 0 amide bonds. The van der Waals surface area contributed by atoms with Crippen molar-refractivity contribution in [1.29, 1.82) is 0 Å². The van der Waals surface area contributed by atoms with Gasteiger partial charge in [-0.1, -0.05) is 163 Å². The van der Waals surface area contributed by atoms with Gasteiger partial charge in [0.2, 0.25) is 0 Å². The Morgan fingerprint density at radius 2 is 1.02 bits per heavy atom. The SMILES string of the molecule is [2H]c1c([2H])c([2H])c2c([2H])c(-c3c4c([2H])c([2H])c([2H])c([2H])c4c(-c4cccc5ccc(-c6cccc7c6oc6ccc8ccccc8c67)cc45)c4c([2H])c([2H])c([2H])c([2H])c34)c([2H])c([2H])c2c1[2H]. The molecule has 0 radical (unpaired) electrons. The van der Waals surface area contributed by atoms with E-state index < -0.39 is 107 Å². The lowest BCUT2D eigenvalue weighted by Crippen LogP contribution is -1.92. The Labute approximate surface area is 315 Å². The normalized spacial score (nSPS) is 16.0. The summed E-state index contributed by atoms with van der Waals surface area (Å²) in [6, 6.07) is 18.9. The second-order valence-corrected chi connectivity index (χ2v) is 12.4. The van der Waals surface area contributed by atoms with Crippen molar-refractivity contribution in [1.82, 2.24) is 0 Å². The van der Waals surface area contributed by atoms with Gasteiger partial charge in [0.1, 0.15) is 11.2 Å². The summed E-state index contributed by atoms with van der Waals surface area (Å²) >= 11 is 0. The van der Waals surface area contributed by atoms with Gasteiger partial charge in [0, 0.05) is 16.3 Å². The van der Waals surface area contributed by atoms with Gasteiger partial charge in [-0.2, -0.15) is 0 Å². The van der Waals surface area contributed by atoms with Crippen LogP contribution in [0.5, 0.6) is 0 Å². The molecule has 0 unspecified atom stereocenters. The number of benzene rings is 10. The minimum Gasteiger partial charge on any atom is -0.455 e. The molecule has 10 aromatic carbocycles. The maximum Gasteiger partial charge on any atom is 0.143 e. The van der Waals surface area contributed by atoms with Crippen molar-refractivity contribution in [3.05, 3.63) is 182 Å². The van der Waals surface area contributed by atoms with E-state index in [9.17, 15) is 8.22 Å². The zero-order chi connectivity index (χ0) is 46.5. The monoisotopic (exact) mass is 661 g/mol. The van der Waals surface area contributed by atoms with Crippen LogP contribution in [0.2, 0.25) is 0 Å². The Morgan fingerprint density at radius 1 is 0.392 bits per heavy atom. The van der Waals surface area contributed by atoms with Crippen molar-refractivity contribution >= 4 is 75.8 Å². The zero-order valence-electron chi connectivity index (χ0n) is 41.6. The van der Waals surface area contributed by atoms with E-state index in [1.54, 1.807) is 12.1 Å². The van der Waals surface area contributed by atoms with Gasteiger partial charge in [-0.05, 0) is 99.9 Å². The highest BCUT2D eigenvalue weighted by Gasteiger charge is 2.19. The van der Waals surface area contributed by atoms with Gasteiger partial charge < -0.3 is 4.42 Å². The van der Waals surface area contributed by atoms with E-state index in [0.29, 0.717) is 27.5 Å². The second kappa shape index (κ2) is 10.9. The van der Waals surface area contributed by atoms with Crippen LogP contribution in [0.3, 0.4) is 0 Å². The third kappa shape index (κ3) is 4.22. The predicted octanol–water partition coefficient (Wildman–Crippen LogP) is 14.4. The van der Waals surface area contributed by atoms with Crippen LogP contribution < -0.4 is 0 Å². The Bertz CT molecular complexity index is 3980. The molecule has 0 spiro atoms. The zero-order valence-corrected chi connectivity index (χ0v) is 26.6. The summed E-state index contributed by atoms with van der Waals surface area (Å²) in [6.07, 6.45) is 0. The topological polar surface area (TPSA) is 13.1 Å². The Kier molecular flexibility index (Phi) is 3.70. The number of para-hydroxylation sites is 1. The van der Waals surface area contributed by atoms with E-state index in [2.05, 4.69) is 0 Å². The summed E-state index contributed by atoms with van der Waals surface area (Å²) in [4.78, 5) is 0. The fraction of sp³-hybridized carbons (Fsp3) is 0. The van der Waals surface area contributed by atoms with E-state index in [4.69, 9.17) is 16.8 Å². The minimum atomic E-state index is -0.740. The first-order valence-electron chi connectivity index (χ1n) is 23.9. The van der Waals surface area contributed by atoms with E-state index in [1.807, 2.05) is 78.9 Å². The standard InChI is InChI=1S/C50H30O/c1-2-13-34-29-36(26-23-31(34)11-1)47-39-16-5-7-18-41(39)48(42-19-8-6-17-40(42)47)43-21-9-14-33-24-25-35(30-45(33)43)38-20-10-22-44-49-37-15-4-3-12-32(37)27-28-46(49)51-50(38)44/h1-30H/i1D,2D,5D,6D,7D,8D,11D,13D,16D,17D,18D,19D,23D,26D,29D. The quantitative estimate of drug-likeness (QED) is 0.172. The Balaban J connectivity index is 1.32. The summed E-state index contributed by atoms with van der Waals surface area (Å²) in [5, 5.41) is 3.38. The van der Waals surface area contributed by atoms with Crippen molar-refractivity contribution in [2.45, 2.75) is 0 Å². The van der Waals surface area contributed by atoms with E-state index >= 15 is 0 Å². The van der Waals surface area contributed by atoms with E-state index in [1.165, 1.54) is 0 Å². The van der Waals surface area contributed by atoms with Crippen LogP contribution in [-0.2, 0) is 0 Å². The number of furan rings is 1. The van der Waals surface area contributed by atoms with Gasteiger partial charge in [0.05, 0.1) is 20.6 Å². The van der Waals surface area contributed by atoms with Crippen molar-refractivity contribution in [2.24, 2.45) is 0 Å². The second-order valence-electron chi connectivity index (χ2n) is 12.4. The summed E-state index contributed by atoms with van der Waals surface area (Å²) in [5.41, 5.74) is 2.33. The van der Waals surface area contributed by atoms with Gasteiger partial charge >= 0.3 is 0 Å². The molecule has 0 atom stereocenters. The number of hydrogen-bond donors (Lipinski definition) is 0. The molecule has 51 heavy (non-hydrogen) atoms. The first kappa shape index (κ1) is 17.3. The number of fused-ring (bicyclic) bond motifs is 9. The first-order valence-corrected chi connectivity index (χ1v) is 16.4. The summed E-state index contributed by atoms with van der Waals surface area (Å²) < 4.78 is 142. The molecule has 0 saturated carbocycles. The van der Waals surface area contributed by atoms with Crippen molar-refractivity contribution in [3.8, 4) is 33.4 Å². The average molecular weight is 662 g/mol. The molecule has 0 bridgehead atoms. The third-order valence-corrected chi connectivity index (χ3v) is 9.72. The average Bonchev–Trinajstić information content (AvgIpc) is 3.72. The van der Waals surface area contributed by atoms with Gasteiger partial charge in [-0.15, -0.1) is 0 Å². The van der Waals surface area contributed by atoms with Gasteiger partial charge in [0.15, 0.2) is 0 Å². The fourth-order valence-corrected chi connectivity index (χ4v) is 7.50. The number of hydrogen-bond acceptors (Lipinski definition) is 1. The molecule has 11 rings (SSSR count). The highest BCUT2D eigenvalue weighted by atomic mass is 16.3. The predicted molar refractivity (Wildman–Crippen MR) is 218 cm³/mol. The van der Waals surface area contributed by atoms with Gasteiger partial charge in [-0.3, -0.25) is 0 Å². The van der Waals surface area contributed by atoms with E-state index in [0.717, 1.165) is 32.7 Å². The summed E-state index contributed by atoms with van der Waals surface area (Å²) in [6.45, 7) is 0. The highest BCUT2D eigenvalue weighted by molar-refractivity contribution is 6.24. The molecule has 11 aromatic rings. The van der Waals surface area contributed by atoms with Crippen LogP contribution in [0.4, 0.5) is 0 Å². The van der Waals surface area contributed by atoms with E-state index in [-0.39, 0.29) is 32.7 Å².